The van der Waals surface area contributed by atoms with Gasteiger partial charge in [0.25, 0.3) is 0 Å². The number of hydrogen-bond donors (Lipinski definition) is 2. The van der Waals surface area contributed by atoms with Crippen LogP contribution in [0.1, 0.15) is 23.9 Å². The SMILES string of the molecule is Cc1cc(C(C)(O)C#Cc2ccc3nc(OC4COC4)n(-c4ccnc(N)n4)c3c2)no1. The van der Waals surface area contributed by atoms with Crippen LogP contribution < -0.4 is 10.5 Å². The first-order valence-electron chi connectivity index (χ1n) is 9.94. The lowest BCUT2D eigenvalue weighted by Gasteiger charge is -2.26. The second-order valence-electron chi connectivity index (χ2n) is 7.63. The molecule has 1 atom stereocenters. The largest absolute Gasteiger partial charge is 0.456 e. The van der Waals surface area contributed by atoms with E-state index in [1.54, 1.807) is 36.7 Å². The summed E-state index contributed by atoms with van der Waals surface area (Å²) in [5.41, 5.74) is 6.77. The predicted molar refractivity (Wildman–Crippen MR) is 114 cm³/mol. The molecule has 3 aromatic heterocycles. The number of benzene rings is 1. The molecule has 1 unspecified atom stereocenters. The van der Waals surface area contributed by atoms with Crippen molar-refractivity contribution < 1.29 is 19.1 Å². The number of aryl methyl sites for hydroxylation is 1. The molecule has 10 nitrogen and oxygen atoms in total. The van der Waals surface area contributed by atoms with Gasteiger partial charge in [0.15, 0.2) is 5.60 Å². The van der Waals surface area contributed by atoms with Gasteiger partial charge in [-0.1, -0.05) is 17.0 Å². The molecule has 32 heavy (non-hydrogen) atoms. The number of aromatic nitrogens is 5. The molecule has 0 aliphatic carbocycles. The fraction of sp³-hybridized carbons (Fsp3) is 0.273. The fourth-order valence-electron chi connectivity index (χ4n) is 3.20. The second-order valence-corrected chi connectivity index (χ2v) is 7.63. The van der Waals surface area contributed by atoms with Crippen molar-refractivity contribution in [2.45, 2.75) is 25.6 Å². The fourth-order valence-corrected chi connectivity index (χ4v) is 3.20. The Kier molecular flexibility index (Phi) is 4.77. The Balaban J connectivity index is 1.58. The van der Waals surface area contributed by atoms with Gasteiger partial charge in [0.1, 0.15) is 23.4 Å². The van der Waals surface area contributed by atoms with E-state index in [0.717, 1.165) is 5.52 Å². The monoisotopic (exact) mass is 432 g/mol. The lowest BCUT2D eigenvalue weighted by Crippen LogP contribution is -2.39. The zero-order valence-electron chi connectivity index (χ0n) is 17.4. The highest BCUT2D eigenvalue weighted by Crippen LogP contribution is 2.28. The highest BCUT2D eigenvalue weighted by atomic mass is 16.6. The van der Waals surface area contributed by atoms with Crippen LogP contribution >= 0.6 is 0 Å². The van der Waals surface area contributed by atoms with Gasteiger partial charge in [-0.25, -0.2) is 9.55 Å². The Morgan fingerprint density at radius 2 is 2.09 bits per heavy atom. The number of ether oxygens (including phenoxy) is 2. The summed E-state index contributed by atoms with van der Waals surface area (Å²) in [6.45, 7) is 4.33. The molecule has 3 N–H and O–H groups in total. The van der Waals surface area contributed by atoms with E-state index in [4.69, 9.17) is 19.7 Å². The minimum absolute atomic E-state index is 0.0787. The lowest BCUT2D eigenvalue weighted by atomic mass is 10.0. The van der Waals surface area contributed by atoms with Crippen molar-refractivity contribution in [1.82, 2.24) is 24.7 Å². The third kappa shape index (κ3) is 3.75. The summed E-state index contributed by atoms with van der Waals surface area (Å²) >= 11 is 0. The van der Waals surface area contributed by atoms with Crippen LogP contribution in [-0.4, -0.2) is 49.1 Å². The number of rotatable bonds is 4. The number of nitrogen functional groups attached to an aromatic ring is 1. The van der Waals surface area contributed by atoms with Gasteiger partial charge in [-0.15, -0.1) is 0 Å². The predicted octanol–water partition coefficient (Wildman–Crippen LogP) is 1.73. The van der Waals surface area contributed by atoms with Gasteiger partial charge in [-0.3, -0.25) is 0 Å². The van der Waals surface area contributed by atoms with Crippen molar-refractivity contribution >= 4 is 17.0 Å². The molecule has 10 heteroatoms. The van der Waals surface area contributed by atoms with Crippen molar-refractivity contribution in [1.29, 1.82) is 0 Å². The van der Waals surface area contributed by atoms with Crippen molar-refractivity contribution in [2.75, 3.05) is 18.9 Å². The minimum atomic E-state index is -1.47. The van der Waals surface area contributed by atoms with Crippen LogP contribution in [0.25, 0.3) is 16.9 Å². The summed E-state index contributed by atoms with van der Waals surface area (Å²) in [4.78, 5) is 12.9. The molecule has 1 fully saturated rings. The number of anilines is 1. The van der Waals surface area contributed by atoms with Gasteiger partial charge in [0.2, 0.25) is 5.95 Å². The molecular weight excluding hydrogens is 412 g/mol. The van der Waals surface area contributed by atoms with Crippen molar-refractivity contribution in [3.63, 3.8) is 0 Å². The van der Waals surface area contributed by atoms with Crippen molar-refractivity contribution in [3.05, 3.63) is 53.5 Å². The van der Waals surface area contributed by atoms with Gasteiger partial charge in [0.05, 0.1) is 24.2 Å². The van der Waals surface area contributed by atoms with Gasteiger partial charge >= 0.3 is 6.01 Å². The van der Waals surface area contributed by atoms with E-state index in [2.05, 4.69) is 31.9 Å². The average Bonchev–Trinajstić information content (AvgIpc) is 3.32. The van der Waals surface area contributed by atoms with Crippen molar-refractivity contribution in [3.8, 4) is 23.7 Å². The molecule has 0 saturated carbocycles. The Hall–Kier alpha value is -3.94. The summed E-state index contributed by atoms with van der Waals surface area (Å²) < 4.78 is 18.0. The summed E-state index contributed by atoms with van der Waals surface area (Å²) in [5.74, 6) is 7.11. The summed E-state index contributed by atoms with van der Waals surface area (Å²) in [7, 11) is 0. The number of fused-ring (bicyclic) bond motifs is 1. The second kappa shape index (κ2) is 7.64. The number of aliphatic hydroxyl groups is 1. The Labute approximate surface area is 183 Å². The smallest absolute Gasteiger partial charge is 0.303 e. The Bertz CT molecular complexity index is 1360. The van der Waals surface area contributed by atoms with E-state index in [1.807, 2.05) is 18.2 Å². The van der Waals surface area contributed by atoms with Crippen LogP contribution in [0, 0.1) is 18.8 Å². The number of imidazole rings is 1. The van der Waals surface area contributed by atoms with E-state index in [0.29, 0.717) is 47.6 Å². The molecule has 0 spiro atoms. The summed E-state index contributed by atoms with van der Waals surface area (Å²) in [6, 6.07) is 9.25. The maximum absolute atomic E-state index is 10.7. The maximum atomic E-state index is 10.7. The quantitative estimate of drug-likeness (QED) is 0.462. The molecule has 1 aromatic carbocycles. The third-order valence-electron chi connectivity index (χ3n) is 4.97. The Morgan fingerprint density at radius 1 is 1.25 bits per heavy atom. The van der Waals surface area contributed by atoms with E-state index in [-0.39, 0.29) is 12.1 Å². The topological polar surface area (TPSA) is 134 Å². The molecule has 162 valence electrons. The van der Waals surface area contributed by atoms with E-state index in [9.17, 15) is 5.11 Å². The van der Waals surface area contributed by atoms with Gasteiger partial charge in [-0.2, -0.15) is 9.97 Å². The molecule has 0 radical (unpaired) electrons. The van der Waals surface area contributed by atoms with E-state index >= 15 is 0 Å². The molecule has 0 amide bonds. The standard InChI is InChI=1S/C22H20N6O4/c1-13-9-18(27-32-13)22(2,29)7-5-14-3-4-16-17(10-14)28(19-6-8-24-20(23)26-19)21(25-16)31-15-11-30-12-15/h3-4,6,8-10,15,29H,11-12H2,1-2H3,(H2,23,24,26). The highest BCUT2D eigenvalue weighted by molar-refractivity contribution is 5.80. The van der Waals surface area contributed by atoms with Crippen molar-refractivity contribution in [2.24, 2.45) is 0 Å². The first-order valence-corrected chi connectivity index (χ1v) is 9.94. The van der Waals surface area contributed by atoms with Crippen LogP contribution in [0.5, 0.6) is 6.01 Å². The zero-order chi connectivity index (χ0) is 22.3. The number of nitrogens with two attached hydrogens (primary N) is 1. The average molecular weight is 432 g/mol. The molecular formula is C22H20N6O4. The van der Waals surface area contributed by atoms with Crippen LogP contribution in [0.15, 0.2) is 41.1 Å². The highest BCUT2D eigenvalue weighted by Gasteiger charge is 2.26. The zero-order valence-corrected chi connectivity index (χ0v) is 17.4. The van der Waals surface area contributed by atoms with Crippen LogP contribution in [0.2, 0.25) is 0 Å². The van der Waals surface area contributed by atoms with Gasteiger partial charge < -0.3 is 24.8 Å². The number of nitrogens with zero attached hydrogens (tertiary/aromatic N) is 5. The van der Waals surface area contributed by atoms with Crippen LogP contribution in [0.4, 0.5) is 5.95 Å². The normalized spacial score (nSPS) is 15.6. The first-order chi connectivity index (χ1) is 15.4. The summed E-state index contributed by atoms with van der Waals surface area (Å²) in [5, 5.41) is 14.6. The van der Waals surface area contributed by atoms with E-state index in [1.165, 1.54) is 0 Å². The summed E-state index contributed by atoms with van der Waals surface area (Å²) in [6.07, 6.45) is 1.49. The van der Waals surface area contributed by atoms with E-state index < -0.39 is 5.60 Å². The minimum Gasteiger partial charge on any atom is -0.456 e. The molecule has 4 heterocycles. The van der Waals surface area contributed by atoms with Gasteiger partial charge in [-0.05, 0) is 32.0 Å². The Morgan fingerprint density at radius 3 is 2.78 bits per heavy atom. The number of hydrogen-bond acceptors (Lipinski definition) is 9. The molecule has 0 bridgehead atoms. The van der Waals surface area contributed by atoms with Crippen LogP contribution in [-0.2, 0) is 10.3 Å². The molecule has 5 rings (SSSR count). The first kappa shape index (κ1) is 20.0. The van der Waals surface area contributed by atoms with Crippen LogP contribution in [0.3, 0.4) is 0 Å². The van der Waals surface area contributed by atoms with Gasteiger partial charge in [0, 0.05) is 23.9 Å². The lowest BCUT2D eigenvalue weighted by molar-refractivity contribution is -0.0835. The third-order valence-corrected chi connectivity index (χ3v) is 4.97. The molecule has 1 aliphatic heterocycles. The molecule has 4 aromatic rings. The maximum Gasteiger partial charge on any atom is 0.303 e. The molecule has 1 saturated heterocycles. The molecule has 1 aliphatic rings.